The minimum Gasteiger partial charge on any atom is -0.363 e. The summed E-state index contributed by atoms with van der Waals surface area (Å²) in [6.07, 6.45) is 6.79. The fourth-order valence-electron chi connectivity index (χ4n) is 3.05. The molecule has 1 fully saturated rings. The fraction of sp³-hybridized carbons (Fsp3) is 0.400. The summed E-state index contributed by atoms with van der Waals surface area (Å²) in [6.45, 7) is 0.719. The van der Waals surface area contributed by atoms with Crippen LogP contribution in [0.5, 0.6) is 0 Å². The summed E-state index contributed by atoms with van der Waals surface area (Å²) in [7, 11) is 0. The molecule has 0 spiro atoms. The number of fused-ring (bicyclic) bond motifs is 1. The van der Waals surface area contributed by atoms with Crippen molar-refractivity contribution >= 4 is 39.9 Å². The molecule has 5 nitrogen and oxygen atoms in total. The zero-order valence-corrected chi connectivity index (χ0v) is 13.6. The van der Waals surface area contributed by atoms with E-state index in [1.54, 1.807) is 11.3 Å². The van der Waals surface area contributed by atoms with Crippen molar-refractivity contribution in [3.05, 3.63) is 34.0 Å². The molecule has 3 aromatic rings. The third kappa shape index (κ3) is 2.57. The summed E-state index contributed by atoms with van der Waals surface area (Å²) in [5.41, 5.74) is 1.63. The Kier molecular flexibility index (Phi) is 3.72. The number of nitrogens with zero attached hydrogens (tertiary/aromatic N) is 4. The van der Waals surface area contributed by atoms with Gasteiger partial charge >= 0.3 is 0 Å². The largest absolute Gasteiger partial charge is 0.363 e. The number of aromatic nitrogens is 4. The Morgan fingerprint density at radius 3 is 2.95 bits per heavy atom. The first-order valence-corrected chi connectivity index (χ1v) is 8.73. The van der Waals surface area contributed by atoms with E-state index in [2.05, 4.69) is 36.3 Å². The average molecular weight is 334 g/mol. The van der Waals surface area contributed by atoms with Crippen LogP contribution in [0.25, 0.3) is 11.2 Å². The Balaban J connectivity index is 1.68. The van der Waals surface area contributed by atoms with Gasteiger partial charge in [0.2, 0.25) is 5.28 Å². The maximum atomic E-state index is 6.12. The standard InChI is InChI=1S/C15H16ClN5S/c16-15-19-13(17-8-11-6-3-7-22-11)12-14(20-15)21(9-18-12)10-4-1-2-5-10/h3,6-7,9-10H,1-2,4-5,8H2,(H,17,19,20). The molecule has 114 valence electrons. The lowest BCUT2D eigenvalue weighted by molar-refractivity contribution is 0.529. The van der Waals surface area contributed by atoms with E-state index in [4.69, 9.17) is 11.6 Å². The Hall–Kier alpha value is -1.66. The monoisotopic (exact) mass is 333 g/mol. The molecule has 1 aliphatic carbocycles. The summed E-state index contributed by atoms with van der Waals surface area (Å²) < 4.78 is 2.16. The van der Waals surface area contributed by atoms with Crippen LogP contribution in [0.15, 0.2) is 23.8 Å². The van der Waals surface area contributed by atoms with E-state index in [1.165, 1.54) is 30.6 Å². The molecule has 3 heterocycles. The Morgan fingerprint density at radius 2 is 2.18 bits per heavy atom. The average Bonchev–Trinajstić information content (AvgIpc) is 3.24. The van der Waals surface area contributed by atoms with Crippen LogP contribution in [-0.4, -0.2) is 19.5 Å². The molecule has 0 bridgehead atoms. The Bertz CT molecular complexity index is 777. The van der Waals surface area contributed by atoms with E-state index >= 15 is 0 Å². The number of rotatable bonds is 4. The second-order valence-electron chi connectivity index (χ2n) is 5.54. The first kappa shape index (κ1) is 14.0. The van der Waals surface area contributed by atoms with Crippen molar-refractivity contribution in [1.29, 1.82) is 0 Å². The van der Waals surface area contributed by atoms with Gasteiger partial charge in [-0.05, 0) is 35.9 Å². The molecule has 1 aliphatic rings. The van der Waals surface area contributed by atoms with Gasteiger partial charge in [-0.2, -0.15) is 9.97 Å². The lowest BCUT2D eigenvalue weighted by atomic mass is 10.2. The first-order chi connectivity index (χ1) is 10.8. The Morgan fingerprint density at radius 1 is 1.32 bits per heavy atom. The summed E-state index contributed by atoms with van der Waals surface area (Å²) in [4.78, 5) is 14.5. The molecule has 0 aliphatic heterocycles. The van der Waals surface area contributed by atoms with Crippen LogP contribution >= 0.6 is 22.9 Å². The number of imidazole rings is 1. The van der Waals surface area contributed by atoms with Crippen LogP contribution in [0.3, 0.4) is 0 Å². The van der Waals surface area contributed by atoms with Crippen molar-refractivity contribution < 1.29 is 0 Å². The highest BCUT2D eigenvalue weighted by atomic mass is 35.5. The van der Waals surface area contributed by atoms with E-state index in [9.17, 15) is 0 Å². The van der Waals surface area contributed by atoms with E-state index < -0.39 is 0 Å². The zero-order valence-electron chi connectivity index (χ0n) is 12.0. The van der Waals surface area contributed by atoms with Gasteiger partial charge in [0.25, 0.3) is 0 Å². The molecule has 7 heteroatoms. The van der Waals surface area contributed by atoms with Crippen LogP contribution < -0.4 is 5.32 Å². The lowest BCUT2D eigenvalue weighted by Crippen LogP contribution is -2.06. The van der Waals surface area contributed by atoms with Gasteiger partial charge in [-0.15, -0.1) is 11.3 Å². The number of anilines is 1. The quantitative estimate of drug-likeness (QED) is 0.724. The summed E-state index contributed by atoms with van der Waals surface area (Å²) in [5.74, 6) is 0.708. The van der Waals surface area contributed by atoms with Crippen molar-refractivity contribution in [1.82, 2.24) is 19.5 Å². The minimum atomic E-state index is 0.265. The van der Waals surface area contributed by atoms with Crippen LogP contribution in [0.4, 0.5) is 5.82 Å². The zero-order chi connectivity index (χ0) is 14.9. The van der Waals surface area contributed by atoms with Gasteiger partial charge < -0.3 is 9.88 Å². The molecule has 1 N–H and O–H groups in total. The second-order valence-corrected chi connectivity index (χ2v) is 6.91. The molecule has 3 aromatic heterocycles. The third-order valence-electron chi connectivity index (χ3n) is 4.12. The van der Waals surface area contributed by atoms with Crippen molar-refractivity contribution in [3.63, 3.8) is 0 Å². The molecule has 0 unspecified atom stereocenters. The molecule has 0 amide bonds. The van der Waals surface area contributed by atoms with Gasteiger partial charge in [-0.25, -0.2) is 4.98 Å². The van der Waals surface area contributed by atoms with Gasteiger partial charge in [0, 0.05) is 10.9 Å². The predicted molar refractivity (Wildman–Crippen MR) is 89.5 cm³/mol. The summed E-state index contributed by atoms with van der Waals surface area (Å²) in [6, 6.07) is 4.62. The van der Waals surface area contributed by atoms with E-state index in [-0.39, 0.29) is 5.28 Å². The summed E-state index contributed by atoms with van der Waals surface area (Å²) in [5, 5.41) is 5.66. The van der Waals surface area contributed by atoms with E-state index in [1.807, 2.05) is 12.4 Å². The topological polar surface area (TPSA) is 55.6 Å². The maximum absolute atomic E-state index is 6.12. The van der Waals surface area contributed by atoms with Gasteiger partial charge in [0.05, 0.1) is 12.9 Å². The van der Waals surface area contributed by atoms with E-state index in [0.717, 1.165) is 17.7 Å². The van der Waals surface area contributed by atoms with Gasteiger partial charge in [0.1, 0.15) is 0 Å². The second kappa shape index (κ2) is 5.85. The molecule has 0 radical (unpaired) electrons. The highest BCUT2D eigenvalue weighted by Crippen LogP contribution is 2.33. The van der Waals surface area contributed by atoms with Gasteiger partial charge in [-0.3, -0.25) is 0 Å². The highest BCUT2D eigenvalue weighted by Gasteiger charge is 2.21. The molecular formula is C15H16ClN5S. The SMILES string of the molecule is Clc1nc(NCc2cccs2)c2ncn(C3CCCC3)c2n1. The molecule has 4 rings (SSSR count). The van der Waals surface area contributed by atoms with Gasteiger partial charge in [-0.1, -0.05) is 18.9 Å². The van der Waals surface area contributed by atoms with E-state index in [0.29, 0.717) is 11.9 Å². The molecule has 22 heavy (non-hydrogen) atoms. The number of nitrogens with one attached hydrogen (secondary N) is 1. The fourth-order valence-corrected chi connectivity index (χ4v) is 3.86. The number of thiophene rings is 1. The van der Waals surface area contributed by atoms with Crippen molar-refractivity contribution in [3.8, 4) is 0 Å². The molecule has 0 atom stereocenters. The first-order valence-electron chi connectivity index (χ1n) is 7.47. The summed E-state index contributed by atoms with van der Waals surface area (Å²) >= 11 is 7.83. The Labute approximate surface area is 137 Å². The molecule has 0 aromatic carbocycles. The highest BCUT2D eigenvalue weighted by molar-refractivity contribution is 7.09. The van der Waals surface area contributed by atoms with Crippen molar-refractivity contribution in [2.45, 2.75) is 38.3 Å². The maximum Gasteiger partial charge on any atom is 0.226 e. The third-order valence-corrected chi connectivity index (χ3v) is 5.17. The predicted octanol–water partition coefficient (Wildman–Crippen LogP) is 4.27. The van der Waals surface area contributed by atoms with Crippen LogP contribution in [0.1, 0.15) is 36.6 Å². The number of hydrogen-bond acceptors (Lipinski definition) is 5. The molecule has 1 saturated carbocycles. The lowest BCUT2D eigenvalue weighted by Gasteiger charge is -2.12. The minimum absolute atomic E-state index is 0.265. The smallest absolute Gasteiger partial charge is 0.226 e. The van der Waals surface area contributed by atoms with Gasteiger partial charge in [0.15, 0.2) is 17.0 Å². The number of hydrogen-bond donors (Lipinski definition) is 1. The van der Waals surface area contributed by atoms with Crippen LogP contribution in [0, 0.1) is 0 Å². The molecular weight excluding hydrogens is 318 g/mol. The van der Waals surface area contributed by atoms with Crippen molar-refractivity contribution in [2.24, 2.45) is 0 Å². The van der Waals surface area contributed by atoms with Crippen LogP contribution in [0.2, 0.25) is 5.28 Å². The van der Waals surface area contributed by atoms with Crippen molar-refractivity contribution in [2.75, 3.05) is 5.32 Å². The van der Waals surface area contributed by atoms with Crippen LogP contribution in [-0.2, 0) is 6.54 Å². The number of halogens is 1. The molecule has 0 saturated heterocycles. The normalized spacial score (nSPS) is 15.7.